The number of carbonyl (C=O) groups is 4. The molecule has 1 aromatic carbocycles. The van der Waals surface area contributed by atoms with Gasteiger partial charge in [0.1, 0.15) is 23.7 Å². The summed E-state index contributed by atoms with van der Waals surface area (Å²) in [6.45, 7) is 3.45. The van der Waals surface area contributed by atoms with Crippen LogP contribution < -0.4 is 15.4 Å². The highest BCUT2D eigenvalue weighted by atomic mass is 19.3. The van der Waals surface area contributed by atoms with Gasteiger partial charge in [-0.05, 0) is 62.1 Å². The molecule has 6 rings (SSSR count). The summed E-state index contributed by atoms with van der Waals surface area (Å²) in [6.07, 6.45) is 7.81. The number of rotatable bonds is 1. The number of nitrogens with zero attached hydrogens (tertiary/aromatic N) is 3. The molecule has 1 aliphatic carbocycles. The number of hydrogen-bond acceptors (Lipinski definition) is 8. The maximum atomic E-state index is 15.9. The maximum absolute atomic E-state index is 15.9. The zero-order chi connectivity index (χ0) is 35.7. The van der Waals surface area contributed by atoms with E-state index in [9.17, 15) is 24.3 Å². The number of cyclic esters (lactones) is 1. The van der Waals surface area contributed by atoms with Crippen LogP contribution in [0.1, 0.15) is 77.3 Å². The lowest BCUT2D eigenvalue weighted by molar-refractivity contribution is -0.145. The Balaban J connectivity index is 1.40. The number of aliphatic carboxylic acids is 1. The van der Waals surface area contributed by atoms with E-state index in [2.05, 4.69) is 20.6 Å². The van der Waals surface area contributed by atoms with Crippen LogP contribution in [0, 0.1) is 11.3 Å². The van der Waals surface area contributed by atoms with Gasteiger partial charge in [-0.1, -0.05) is 57.0 Å². The normalized spacial score (nSPS) is 31.5. The van der Waals surface area contributed by atoms with Crippen molar-refractivity contribution in [2.45, 2.75) is 101 Å². The van der Waals surface area contributed by atoms with Gasteiger partial charge in [0.15, 0.2) is 5.69 Å². The molecule has 3 N–H and O–H groups in total. The number of alkyl carbamates (subject to hydrolysis) is 1. The molecule has 1 saturated heterocycles. The van der Waals surface area contributed by atoms with Gasteiger partial charge in [0.25, 0.3) is 0 Å². The number of para-hydroxylation sites is 2. The molecule has 50 heavy (non-hydrogen) atoms. The lowest BCUT2D eigenvalue weighted by atomic mass is 9.89. The van der Waals surface area contributed by atoms with E-state index in [0.717, 1.165) is 18.9 Å². The van der Waals surface area contributed by atoms with E-state index >= 15 is 8.78 Å². The summed E-state index contributed by atoms with van der Waals surface area (Å²) in [6, 6.07) is 4.25. The molecule has 1 aromatic heterocycles. The van der Waals surface area contributed by atoms with Gasteiger partial charge in [-0.15, -0.1) is 0 Å². The number of aromatic nitrogens is 2. The third-order valence-corrected chi connectivity index (χ3v) is 9.95. The van der Waals surface area contributed by atoms with Crippen LogP contribution in [0.4, 0.5) is 13.6 Å². The zero-order valence-electron chi connectivity index (χ0n) is 28.2. The lowest BCUT2D eigenvalue weighted by Crippen LogP contribution is -2.56. The molecule has 14 heteroatoms. The second-order valence-corrected chi connectivity index (χ2v) is 14.5. The van der Waals surface area contributed by atoms with E-state index in [1.54, 1.807) is 24.3 Å². The van der Waals surface area contributed by atoms with Crippen LogP contribution in [0.2, 0.25) is 0 Å². The minimum atomic E-state index is -3.60. The average molecular weight is 696 g/mol. The Morgan fingerprint density at radius 3 is 2.56 bits per heavy atom. The molecule has 12 nitrogen and oxygen atoms in total. The highest BCUT2D eigenvalue weighted by Gasteiger charge is 2.61. The minimum Gasteiger partial charge on any atom is -0.479 e. The number of benzene rings is 1. The number of allylic oxidation sites excluding steroid dienone is 3. The zero-order valence-corrected chi connectivity index (χ0v) is 28.2. The maximum Gasteiger partial charge on any atom is 0.407 e. The van der Waals surface area contributed by atoms with Gasteiger partial charge in [0.2, 0.25) is 17.7 Å². The van der Waals surface area contributed by atoms with Crippen LogP contribution in [-0.4, -0.2) is 80.7 Å². The second-order valence-electron chi connectivity index (χ2n) is 14.5. The van der Waals surface area contributed by atoms with Gasteiger partial charge in [0.05, 0.1) is 24.2 Å². The predicted octanol–water partition coefficient (Wildman–Crippen LogP) is 5.02. The Morgan fingerprint density at radius 1 is 1.04 bits per heavy atom. The van der Waals surface area contributed by atoms with Gasteiger partial charge in [-0.3, -0.25) is 9.59 Å². The molecule has 2 aromatic rings. The van der Waals surface area contributed by atoms with Crippen molar-refractivity contribution >= 4 is 34.9 Å². The number of carbonyl (C=O) groups excluding carboxylic acids is 3. The SMILES string of the molecule is CC1(C)CC/C=C/C(F)(F)c2nc3ccccc3nc2O[C@@H]2C[C@H]3C(=O)N[C@]4(C(=O)O)C[C@H]4/C=C\CCCCC[C@H](NC(=O)OC1)C(=O)N3C2. The molecule has 4 aliphatic rings. The first-order valence-electron chi connectivity index (χ1n) is 17.2. The molecule has 0 unspecified atom stereocenters. The molecule has 3 aliphatic heterocycles. The van der Waals surface area contributed by atoms with Crippen LogP contribution in [0.3, 0.4) is 0 Å². The quantitative estimate of drug-likeness (QED) is 0.348. The molecule has 3 bridgehead atoms. The van der Waals surface area contributed by atoms with E-state index in [-0.39, 0.29) is 44.4 Å². The summed E-state index contributed by atoms with van der Waals surface area (Å²) in [5.74, 6) is -6.95. The van der Waals surface area contributed by atoms with Gasteiger partial charge in [-0.25, -0.2) is 19.6 Å². The van der Waals surface area contributed by atoms with Crippen molar-refractivity contribution < 1.29 is 42.5 Å². The molecule has 2 fully saturated rings. The largest absolute Gasteiger partial charge is 0.479 e. The van der Waals surface area contributed by atoms with Crippen LogP contribution in [0.5, 0.6) is 5.88 Å². The third-order valence-electron chi connectivity index (χ3n) is 9.95. The fourth-order valence-electron chi connectivity index (χ4n) is 6.89. The number of alkyl halides is 2. The van der Waals surface area contributed by atoms with Gasteiger partial charge in [0, 0.05) is 12.3 Å². The molecule has 0 radical (unpaired) electrons. The molecule has 0 spiro atoms. The number of hydrogen-bond donors (Lipinski definition) is 3. The Hall–Kier alpha value is -4.62. The van der Waals surface area contributed by atoms with Gasteiger partial charge in [-0.2, -0.15) is 8.78 Å². The molecule has 3 amide bonds. The predicted molar refractivity (Wildman–Crippen MR) is 177 cm³/mol. The van der Waals surface area contributed by atoms with Crippen molar-refractivity contribution in [2.24, 2.45) is 11.3 Å². The van der Waals surface area contributed by atoms with Crippen molar-refractivity contribution in [1.29, 1.82) is 0 Å². The summed E-state index contributed by atoms with van der Waals surface area (Å²) >= 11 is 0. The number of nitrogens with one attached hydrogen (secondary N) is 2. The van der Waals surface area contributed by atoms with E-state index in [0.29, 0.717) is 24.8 Å². The summed E-state index contributed by atoms with van der Waals surface area (Å²) in [4.78, 5) is 63.6. The van der Waals surface area contributed by atoms with E-state index in [1.807, 2.05) is 26.0 Å². The number of carboxylic acids is 1. The summed E-state index contributed by atoms with van der Waals surface area (Å²) in [5.41, 5.74) is -2.27. The fraction of sp³-hybridized carbons (Fsp3) is 0.556. The van der Waals surface area contributed by atoms with Crippen molar-refractivity contribution in [2.75, 3.05) is 13.2 Å². The standard InChI is InChI=1S/C36H43F2N5O7/c1-34(2)16-10-11-17-36(37,38)28-30(40-25-14-9-8-13-24(25)39-28)50-23-18-27-29(44)42-35(32(46)47)19-22(35)12-6-4-3-5-7-15-26(31(45)43(27)20-23)41-33(48)49-21-34/h6,8-9,11-14,17,22-23,26-27H,3-5,7,10,15-16,18-21H2,1-2H3,(H,41,48)(H,42,44)(H,46,47)/b12-6-,17-11+/t22-,23-,26+,27+,35-/m1/s1. The lowest BCUT2D eigenvalue weighted by Gasteiger charge is -2.30. The van der Waals surface area contributed by atoms with Gasteiger partial charge < -0.3 is 30.1 Å². The Kier molecular flexibility index (Phi) is 9.82. The Morgan fingerprint density at radius 2 is 1.80 bits per heavy atom. The first kappa shape index (κ1) is 35.2. The Bertz CT molecular complexity index is 1710. The topological polar surface area (TPSA) is 160 Å². The monoisotopic (exact) mass is 695 g/mol. The average Bonchev–Trinajstić information content (AvgIpc) is 3.61. The number of ether oxygens (including phenoxy) is 2. The number of halogens is 2. The fourth-order valence-corrected chi connectivity index (χ4v) is 6.89. The van der Waals surface area contributed by atoms with Crippen LogP contribution in [0.25, 0.3) is 11.0 Å². The van der Waals surface area contributed by atoms with Crippen molar-refractivity contribution in [1.82, 2.24) is 25.5 Å². The molecule has 268 valence electrons. The number of fused-ring (bicyclic) bond motifs is 5. The van der Waals surface area contributed by atoms with E-state index in [4.69, 9.17) is 9.47 Å². The molecular weight excluding hydrogens is 652 g/mol. The smallest absolute Gasteiger partial charge is 0.407 e. The second kappa shape index (κ2) is 13.9. The van der Waals surface area contributed by atoms with Crippen molar-refractivity contribution in [3.05, 3.63) is 54.3 Å². The molecule has 4 heterocycles. The summed E-state index contributed by atoms with van der Waals surface area (Å²) in [5, 5.41) is 15.5. The highest BCUT2D eigenvalue weighted by Crippen LogP contribution is 2.45. The first-order chi connectivity index (χ1) is 23.8. The first-order valence-corrected chi connectivity index (χ1v) is 17.2. The van der Waals surface area contributed by atoms with Crippen LogP contribution in [0.15, 0.2) is 48.6 Å². The molecular formula is C36H43F2N5O7. The summed E-state index contributed by atoms with van der Waals surface area (Å²) < 4.78 is 43.5. The molecule has 1 saturated carbocycles. The number of amides is 3. The third kappa shape index (κ3) is 7.58. The van der Waals surface area contributed by atoms with Crippen LogP contribution >= 0.6 is 0 Å². The minimum absolute atomic E-state index is 0.0281. The highest BCUT2D eigenvalue weighted by molar-refractivity contribution is 5.96. The Labute approximate surface area is 288 Å². The molecule has 5 atom stereocenters. The van der Waals surface area contributed by atoms with E-state index in [1.165, 1.54) is 11.0 Å². The van der Waals surface area contributed by atoms with Crippen molar-refractivity contribution in [3.63, 3.8) is 0 Å². The summed E-state index contributed by atoms with van der Waals surface area (Å²) in [7, 11) is 0. The van der Waals surface area contributed by atoms with Crippen LogP contribution in [-0.2, 0) is 25.0 Å². The number of carboxylic acid groups (broad SMARTS) is 1. The van der Waals surface area contributed by atoms with Crippen molar-refractivity contribution in [3.8, 4) is 5.88 Å². The van der Waals surface area contributed by atoms with Gasteiger partial charge >= 0.3 is 18.0 Å². The van der Waals surface area contributed by atoms with E-state index < -0.39 is 76.4 Å².